The van der Waals surface area contributed by atoms with Crippen molar-refractivity contribution < 1.29 is 13.2 Å². The summed E-state index contributed by atoms with van der Waals surface area (Å²) in [4.78, 5) is 0.654. The molecule has 0 aromatic heterocycles. The van der Waals surface area contributed by atoms with Gasteiger partial charge in [-0.1, -0.05) is 12.1 Å². The summed E-state index contributed by atoms with van der Waals surface area (Å²) in [5.41, 5.74) is 1.18. The van der Waals surface area contributed by atoms with Crippen LogP contribution in [0.2, 0.25) is 0 Å². The van der Waals surface area contributed by atoms with Gasteiger partial charge in [-0.2, -0.15) is 0 Å². The Bertz CT molecular complexity index is 660. The first-order chi connectivity index (χ1) is 10.1. The van der Waals surface area contributed by atoms with Gasteiger partial charge in [0.2, 0.25) is 0 Å². The summed E-state index contributed by atoms with van der Waals surface area (Å²) in [6.45, 7) is 0.217. The van der Waals surface area contributed by atoms with E-state index in [1.807, 2.05) is 6.07 Å². The van der Waals surface area contributed by atoms with Crippen LogP contribution in [0.15, 0.2) is 41.3 Å². The van der Waals surface area contributed by atoms with Gasteiger partial charge in [0.1, 0.15) is 17.5 Å². The zero-order chi connectivity index (χ0) is 14.8. The Morgan fingerprint density at radius 1 is 1.10 bits per heavy atom. The molecule has 3 rings (SSSR count). The van der Waals surface area contributed by atoms with Crippen LogP contribution in [0.4, 0.5) is 13.2 Å². The quantitative estimate of drug-likeness (QED) is 0.900. The lowest BCUT2D eigenvalue weighted by atomic mass is 10.0. The number of nitrogens with one attached hydrogen (secondary N) is 1. The van der Waals surface area contributed by atoms with Gasteiger partial charge in [0.25, 0.3) is 0 Å². The van der Waals surface area contributed by atoms with Crippen molar-refractivity contribution in [1.82, 2.24) is 5.32 Å². The van der Waals surface area contributed by atoms with Crippen molar-refractivity contribution in [1.29, 1.82) is 0 Å². The average molecular weight is 309 g/mol. The van der Waals surface area contributed by atoms with Gasteiger partial charge in [0, 0.05) is 23.0 Å². The van der Waals surface area contributed by atoms with Gasteiger partial charge < -0.3 is 5.32 Å². The van der Waals surface area contributed by atoms with E-state index in [4.69, 9.17) is 0 Å². The molecule has 1 heterocycles. The van der Waals surface area contributed by atoms with Crippen LogP contribution in [-0.2, 0) is 6.54 Å². The first-order valence-corrected chi connectivity index (χ1v) is 7.72. The summed E-state index contributed by atoms with van der Waals surface area (Å²) in [5.74, 6) is -0.314. The molecule has 1 nitrogen and oxygen atoms in total. The van der Waals surface area contributed by atoms with Crippen molar-refractivity contribution in [3.05, 3.63) is 65.0 Å². The Balaban J connectivity index is 1.78. The van der Waals surface area contributed by atoms with E-state index >= 15 is 0 Å². The fraction of sp³-hybridized carbons (Fsp3) is 0.250. The molecule has 0 bridgehead atoms. The van der Waals surface area contributed by atoms with Gasteiger partial charge in [-0.05, 0) is 42.0 Å². The highest BCUT2D eigenvalue weighted by Gasteiger charge is 2.22. The largest absolute Gasteiger partial charge is 0.306 e. The van der Waals surface area contributed by atoms with E-state index in [9.17, 15) is 13.2 Å². The normalized spacial score (nSPS) is 17.6. The van der Waals surface area contributed by atoms with Crippen LogP contribution in [0.3, 0.4) is 0 Å². The maximum Gasteiger partial charge on any atom is 0.137 e. The highest BCUT2D eigenvalue weighted by atomic mass is 32.2. The van der Waals surface area contributed by atoms with Gasteiger partial charge in [-0.25, -0.2) is 13.2 Å². The van der Waals surface area contributed by atoms with Crippen molar-refractivity contribution in [2.24, 2.45) is 0 Å². The molecule has 0 spiro atoms. The third-order valence-electron chi connectivity index (χ3n) is 3.57. The lowest BCUT2D eigenvalue weighted by Gasteiger charge is -2.26. The number of hydrogen-bond donors (Lipinski definition) is 1. The molecule has 0 aliphatic carbocycles. The fourth-order valence-electron chi connectivity index (χ4n) is 2.51. The van der Waals surface area contributed by atoms with Gasteiger partial charge in [-0.3, -0.25) is 0 Å². The topological polar surface area (TPSA) is 12.0 Å². The molecule has 1 aliphatic heterocycles. The predicted octanol–water partition coefficient (Wildman–Crippen LogP) is 4.43. The number of hydrogen-bond acceptors (Lipinski definition) is 2. The van der Waals surface area contributed by atoms with Crippen LogP contribution >= 0.6 is 11.8 Å². The maximum absolute atomic E-state index is 13.8. The predicted molar refractivity (Wildman–Crippen MR) is 77.7 cm³/mol. The van der Waals surface area contributed by atoms with Crippen LogP contribution in [0.25, 0.3) is 0 Å². The monoisotopic (exact) mass is 309 g/mol. The fourth-order valence-corrected chi connectivity index (χ4v) is 3.65. The van der Waals surface area contributed by atoms with Crippen molar-refractivity contribution >= 4 is 11.8 Å². The van der Waals surface area contributed by atoms with Crippen molar-refractivity contribution in [3.8, 4) is 0 Å². The number of rotatable bonds is 3. The summed E-state index contributed by atoms with van der Waals surface area (Å²) < 4.78 is 40.5. The van der Waals surface area contributed by atoms with Crippen LogP contribution in [0.1, 0.15) is 23.6 Å². The average Bonchev–Trinajstić information content (AvgIpc) is 2.49. The first-order valence-electron chi connectivity index (χ1n) is 6.73. The molecule has 1 atom stereocenters. The molecule has 5 heteroatoms. The molecule has 0 amide bonds. The molecule has 0 fully saturated rings. The zero-order valence-electron chi connectivity index (χ0n) is 11.2. The summed E-state index contributed by atoms with van der Waals surface area (Å²) in [6.07, 6.45) is 0.831. The molecule has 1 unspecified atom stereocenters. The summed E-state index contributed by atoms with van der Waals surface area (Å²) in [6, 6.07) is 8.37. The molecule has 0 saturated carbocycles. The second-order valence-electron chi connectivity index (χ2n) is 4.96. The van der Waals surface area contributed by atoms with Crippen LogP contribution < -0.4 is 5.32 Å². The van der Waals surface area contributed by atoms with E-state index in [1.165, 1.54) is 23.9 Å². The second kappa shape index (κ2) is 6.12. The Morgan fingerprint density at radius 2 is 1.95 bits per heavy atom. The minimum atomic E-state index is -0.459. The Hall–Kier alpha value is -1.46. The van der Waals surface area contributed by atoms with E-state index in [1.54, 1.807) is 6.07 Å². The smallest absolute Gasteiger partial charge is 0.137 e. The summed E-state index contributed by atoms with van der Waals surface area (Å²) in [5, 5.41) is 3.20. The van der Waals surface area contributed by atoms with Crippen LogP contribution in [0, 0.1) is 17.5 Å². The molecular weight excluding hydrogens is 295 g/mol. The minimum absolute atomic E-state index is 0.0420. The molecule has 1 N–H and O–H groups in total. The number of fused-ring (bicyclic) bond motifs is 1. The zero-order valence-corrected chi connectivity index (χ0v) is 12.0. The van der Waals surface area contributed by atoms with Gasteiger partial charge >= 0.3 is 0 Å². The van der Waals surface area contributed by atoms with Crippen molar-refractivity contribution in [3.63, 3.8) is 0 Å². The van der Waals surface area contributed by atoms with Gasteiger partial charge in [0.15, 0.2) is 0 Å². The SMILES string of the molecule is Fc1ccc(F)c(CNC2CCSc3c(F)cccc32)c1. The molecule has 1 aliphatic rings. The summed E-state index contributed by atoms with van der Waals surface area (Å²) in [7, 11) is 0. The van der Waals surface area contributed by atoms with Crippen molar-refractivity contribution in [2.75, 3.05) is 5.75 Å². The number of benzene rings is 2. The highest BCUT2D eigenvalue weighted by Crippen LogP contribution is 2.37. The minimum Gasteiger partial charge on any atom is -0.306 e. The van der Waals surface area contributed by atoms with E-state index in [2.05, 4.69) is 5.32 Å². The van der Waals surface area contributed by atoms with E-state index in [-0.39, 0.29) is 24.0 Å². The molecule has 0 saturated heterocycles. The molecule has 110 valence electrons. The lowest BCUT2D eigenvalue weighted by Crippen LogP contribution is -2.25. The van der Waals surface area contributed by atoms with Gasteiger partial charge in [-0.15, -0.1) is 11.8 Å². The van der Waals surface area contributed by atoms with Crippen LogP contribution in [0.5, 0.6) is 0 Å². The molecule has 0 radical (unpaired) electrons. The third kappa shape index (κ3) is 3.09. The van der Waals surface area contributed by atoms with Crippen LogP contribution in [-0.4, -0.2) is 5.75 Å². The molecular formula is C16H14F3NS. The Labute approximate surface area is 125 Å². The van der Waals surface area contributed by atoms with E-state index < -0.39 is 11.6 Å². The Kier molecular flexibility index (Phi) is 4.22. The van der Waals surface area contributed by atoms with E-state index in [0.717, 1.165) is 29.9 Å². The molecule has 2 aromatic carbocycles. The highest BCUT2D eigenvalue weighted by molar-refractivity contribution is 7.99. The first kappa shape index (κ1) is 14.5. The number of halogens is 3. The second-order valence-corrected chi connectivity index (χ2v) is 6.07. The molecule has 2 aromatic rings. The van der Waals surface area contributed by atoms with Crippen molar-refractivity contribution in [2.45, 2.75) is 23.9 Å². The summed E-state index contributed by atoms with van der Waals surface area (Å²) >= 11 is 1.50. The standard InChI is InChI=1S/C16H14F3NS/c17-11-4-5-13(18)10(8-11)9-20-15-6-7-21-16-12(15)2-1-3-14(16)19/h1-5,8,15,20H,6-7,9H2. The maximum atomic E-state index is 13.8. The van der Waals surface area contributed by atoms with Gasteiger partial charge in [0.05, 0.1) is 0 Å². The lowest BCUT2D eigenvalue weighted by molar-refractivity contribution is 0.484. The third-order valence-corrected chi connectivity index (χ3v) is 4.73. The van der Waals surface area contributed by atoms with E-state index in [0.29, 0.717) is 4.90 Å². The number of thioether (sulfide) groups is 1. The Morgan fingerprint density at radius 3 is 2.81 bits per heavy atom. The molecule has 21 heavy (non-hydrogen) atoms.